The van der Waals surface area contributed by atoms with Gasteiger partial charge in [-0.05, 0) is 91.9 Å². The minimum Gasteiger partial charge on any atom is -0.444 e. The van der Waals surface area contributed by atoms with Gasteiger partial charge in [-0.1, -0.05) is 29.8 Å². The highest BCUT2D eigenvalue weighted by Gasteiger charge is 2.36. The summed E-state index contributed by atoms with van der Waals surface area (Å²) in [5.41, 5.74) is 2.24. The third-order valence-corrected chi connectivity index (χ3v) is 8.46. The summed E-state index contributed by atoms with van der Waals surface area (Å²) in [6, 6.07) is 14.9. The van der Waals surface area contributed by atoms with E-state index in [1.807, 2.05) is 39.0 Å². The monoisotopic (exact) mass is 555 g/mol. The number of halogens is 1. The minimum atomic E-state index is -3.91. The van der Waals surface area contributed by atoms with E-state index in [-0.39, 0.29) is 16.9 Å². The van der Waals surface area contributed by atoms with Crippen molar-refractivity contribution in [3.05, 3.63) is 70.7 Å². The van der Waals surface area contributed by atoms with Crippen LogP contribution in [0.15, 0.2) is 59.5 Å². The van der Waals surface area contributed by atoms with Gasteiger partial charge >= 0.3 is 6.09 Å². The van der Waals surface area contributed by atoms with Crippen LogP contribution in [0.3, 0.4) is 0 Å². The summed E-state index contributed by atoms with van der Waals surface area (Å²) in [5, 5.41) is 2.16. The number of nitrogens with one attached hydrogen (secondary N) is 1. The van der Waals surface area contributed by atoms with Gasteiger partial charge in [0.2, 0.25) is 15.9 Å². The van der Waals surface area contributed by atoms with Gasteiger partial charge < -0.3 is 14.5 Å². The Kier molecular flexibility index (Phi) is 6.87. The molecule has 0 aliphatic carbocycles. The zero-order chi connectivity index (χ0) is 27.2. The maximum atomic E-state index is 13.2. The molecule has 0 aromatic heterocycles. The molecule has 200 valence electrons. The normalized spacial score (nSPS) is 18.1. The van der Waals surface area contributed by atoms with Gasteiger partial charge in [-0.2, -0.15) is 4.72 Å². The summed E-state index contributed by atoms with van der Waals surface area (Å²) in [6.45, 7) is 6.90. The van der Waals surface area contributed by atoms with Crippen LogP contribution in [0, 0.1) is 0 Å². The second-order valence-corrected chi connectivity index (χ2v) is 12.9. The van der Waals surface area contributed by atoms with E-state index in [9.17, 15) is 18.0 Å². The first kappa shape index (κ1) is 26.5. The first-order chi connectivity index (χ1) is 17.9. The lowest BCUT2D eigenvalue weighted by Crippen LogP contribution is -2.41. The van der Waals surface area contributed by atoms with Crippen LogP contribution in [-0.2, 0) is 32.5 Å². The maximum Gasteiger partial charge on any atom is 0.410 e. The molecule has 2 heterocycles. The summed E-state index contributed by atoms with van der Waals surface area (Å²) in [6.07, 6.45) is 0.672. The maximum absolute atomic E-state index is 13.2. The summed E-state index contributed by atoms with van der Waals surface area (Å²) >= 11 is 6.03. The number of anilines is 1. The van der Waals surface area contributed by atoms with E-state index in [4.69, 9.17) is 16.3 Å². The van der Waals surface area contributed by atoms with Crippen LogP contribution in [0.1, 0.15) is 38.3 Å². The Hall–Kier alpha value is -3.14. The Morgan fingerprint density at radius 2 is 1.74 bits per heavy atom. The highest BCUT2D eigenvalue weighted by molar-refractivity contribution is 7.89. The van der Waals surface area contributed by atoms with Crippen molar-refractivity contribution in [3.63, 3.8) is 0 Å². The Balaban J connectivity index is 1.27. The van der Waals surface area contributed by atoms with Crippen LogP contribution in [0.2, 0.25) is 5.02 Å². The molecule has 0 bridgehead atoms. The van der Waals surface area contributed by atoms with Gasteiger partial charge in [0.25, 0.3) is 0 Å². The topological polar surface area (TPSA) is 96.0 Å². The Morgan fingerprint density at radius 1 is 1.00 bits per heavy atom. The molecule has 0 unspecified atom stereocenters. The molecule has 2 aliphatic heterocycles. The van der Waals surface area contributed by atoms with Crippen LogP contribution in [0.25, 0.3) is 10.8 Å². The van der Waals surface area contributed by atoms with Gasteiger partial charge in [-0.3, -0.25) is 4.79 Å². The molecule has 2 amide bonds. The first-order valence-corrected chi connectivity index (χ1v) is 14.4. The molecule has 0 radical (unpaired) electrons. The average Bonchev–Trinajstić information content (AvgIpc) is 3.21. The molecular weight excluding hydrogens is 526 g/mol. The molecule has 1 N–H and O–H groups in total. The van der Waals surface area contributed by atoms with Crippen LogP contribution in [0.5, 0.6) is 0 Å². The van der Waals surface area contributed by atoms with Crippen molar-refractivity contribution >= 4 is 50.1 Å². The van der Waals surface area contributed by atoms with E-state index in [1.54, 1.807) is 40.1 Å². The van der Waals surface area contributed by atoms with E-state index in [1.165, 1.54) is 6.07 Å². The van der Waals surface area contributed by atoms with Crippen LogP contribution < -0.4 is 9.62 Å². The molecule has 5 rings (SSSR count). The van der Waals surface area contributed by atoms with Gasteiger partial charge in [0, 0.05) is 30.3 Å². The van der Waals surface area contributed by atoms with Gasteiger partial charge in [0.1, 0.15) is 11.6 Å². The fourth-order valence-electron chi connectivity index (χ4n) is 4.85. The number of fused-ring (bicyclic) bond motifs is 2. The Labute approximate surface area is 227 Å². The molecule has 10 heteroatoms. The summed E-state index contributed by atoms with van der Waals surface area (Å²) in [4.78, 5) is 29.1. The number of carbonyl (C=O) groups excluding carboxylic acids is 2. The molecule has 1 saturated heterocycles. The number of nitrogens with zero attached hydrogens (tertiary/aromatic N) is 2. The van der Waals surface area contributed by atoms with Gasteiger partial charge in [0.05, 0.1) is 4.90 Å². The SMILES string of the molecule is CC(C)(C)OC(=O)N1CCc2cc(N3CC[C@@H](NS(=O)(=O)c4ccc5cc(Cl)ccc5c4)C3=O)ccc2C1. The van der Waals surface area contributed by atoms with Crippen LogP contribution >= 0.6 is 11.6 Å². The summed E-state index contributed by atoms with van der Waals surface area (Å²) < 4.78 is 34.3. The van der Waals surface area contributed by atoms with E-state index >= 15 is 0 Å². The number of rotatable bonds is 4. The lowest BCUT2D eigenvalue weighted by molar-refractivity contribution is -0.118. The molecule has 1 fully saturated rings. The predicted molar refractivity (Wildman–Crippen MR) is 147 cm³/mol. The van der Waals surface area contributed by atoms with E-state index < -0.39 is 21.7 Å². The van der Waals surface area contributed by atoms with Crippen LogP contribution in [0.4, 0.5) is 10.5 Å². The standard InChI is InChI=1S/C28H30ClN3O5S/c1-28(2,3)37-27(34)31-12-10-20-15-23(8-5-21(20)17-31)32-13-11-25(26(32)33)30-38(35,36)24-9-6-18-14-22(29)7-4-19(18)16-24/h4-9,14-16,25,30H,10-13,17H2,1-3H3/t25-/m1/s1. The van der Waals surface area contributed by atoms with Crippen molar-refractivity contribution in [1.82, 2.24) is 9.62 Å². The molecule has 2 aliphatic rings. The fraction of sp³-hybridized carbons (Fsp3) is 0.357. The van der Waals surface area contributed by atoms with E-state index in [0.717, 1.165) is 27.6 Å². The number of hydrogen-bond acceptors (Lipinski definition) is 5. The van der Waals surface area contributed by atoms with Crippen molar-refractivity contribution in [3.8, 4) is 0 Å². The molecule has 8 nitrogen and oxygen atoms in total. The zero-order valence-electron chi connectivity index (χ0n) is 21.5. The van der Waals surface area contributed by atoms with Gasteiger partial charge in [-0.15, -0.1) is 0 Å². The number of carbonyl (C=O) groups is 2. The molecule has 38 heavy (non-hydrogen) atoms. The lowest BCUT2D eigenvalue weighted by Gasteiger charge is -2.31. The Morgan fingerprint density at radius 3 is 2.50 bits per heavy atom. The zero-order valence-corrected chi connectivity index (χ0v) is 23.1. The number of amides is 2. The summed E-state index contributed by atoms with van der Waals surface area (Å²) in [7, 11) is -3.91. The summed E-state index contributed by atoms with van der Waals surface area (Å²) in [5.74, 6) is -0.285. The number of benzene rings is 3. The smallest absolute Gasteiger partial charge is 0.410 e. The largest absolute Gasteiger partial charge is 0.444 e. The molecular formula is C28H30ClN3O5S. The van der Waals surface area contributed by atoms with E-state index in [0.29, 0.717) is 37.5 Å². The minimum absolute atomic E-state index is 0.0990. The van der Waals surface area contributed by atoms with Crippen molar-refractivity contribution in [2.75, 3.05) is 18.0 Å². The Bertz CT molecular complexity index is 1530. The molecule has 3 aromatic rings. The lowest BCUT2D eigenvalue weighted by atomic mass is 9.99. The number of ether oxygens (including phenoxy) is 1. The highest BCUT2D eigenvalue weighted by Crippen LogP contribution is 2.29. The van der Waals surface area contributed by atoms with Crippen LogP contribution in [-0.4, -0.2) is 50.1 Å². The van der Waals surface area contributed by atoms with Crippen molar-refractivity contribution in [1.29, 1.82) is 0 Å². The number of sulfonamides is 1. The highest BCUT2D eigenvalue weighted by atomic mass is 35.5. The van der Waals surface area contributed by atoms with E-state index in [2.05, 4.69) is 4.72 Å². The van der Waals surface area contributed by atoms with Crippen molar-refractivity contribution in [2.45, 2.75) is 56.7 Å². The van der Waals surface area contributed by atoms with Crippen molar-refractivity contribution in [2.24, 2.45) is 0 Å². The second-order valence-electron chi connectivity index (χ2n) is 10.7. The molecule has 0 saturated carbocycles. The predicted octanol–water partition coefficient (Wildman–Crippen LogP) is 4.87. The number of hydrogen-bond donors (Lipinski definition) is 1. The molecule has 3 aromatic carbocycles. The molecule has 1 atom stereocenters. The first-order valence-electron chi connectivity index (χ1n) is 12.5. The average molecular weight is 556 g/mol. The van der Waals surface area contributed by atoms with Crippen molar-refractivity contribution < 1.29 is 22.7 Å². The third kappa shape index (κ3) is 5.50. The van der Waals surface area contributed by atoms with Gasteiger partial charge in [-0.25, -0.2) is 13.2 Å². The second kappa shape index (κ2) is 9.87. The third-order valence-electron chi connectivity index (χ3n) is 6.75. The fourth-order valence-corrected chi connectivity index (χ4v) is 6.29. The quantitative estimate of drug-likeness (QED) is 0.495. The van der Waals surface area contributed by atoms with Gasteiger partial charge in [0.15, 0.2) is 0 Å². The molecule has 0 spiro atoms.